The Kier molecular flexibility index (Phi) is 4.46. The summed E-state index contributed by atoms with van der Waals surface area (Å²) in [5.74, 6) is 0. The van der Waals surface area contributed by atoms with Crippen LogP contribution in [0.3, 0.4) is 0 Å². The molecule has 3 rings (SSSR count). The molecule has 5 heteroatoms. The first-order chi connectivity index (χ1) is 10.8. The molecule has 0 radical (unpaired) electrons. The van der Waals surface area contributed by atoms with Crippen molar-refractivity contribution in [1.29, 1.82) is 0 Å². The SMILES string of the molecule is S=C(Nc1ccccc1)Nc1cnn(Cc2ccccc2)c1. The van der Waals surface area contributed by atoms with Crippen molar-refractivity contribution in [2.24, 2.45) is 0 Å². The summed E-state index contributed by atoms with van der Waals surface area (Å²) in [5.41, 5.74) is 3.03. The number of nitrogens with zero attached hydrogens (tertiary/aromatic N) is 2. The standard InChI is InChI=1S/C17H16N4S/c22-17(19-15-9-5-2-6-10-15)20-16-11-18-21(13-16)12-14-7-3-1-4-8-14/h1-11,13H,12H2,(H2,19,20,22). The molecule has 0 amide bonds. The second-order valence-corrected chi connectivity index (χ2v) is 5.27. The largest absolute Gasteiger partial charge is 0.332 e. The van der Waals surface area contributed by atoms with Crippen molar-refractivity contribution < 1.29 is 0 Å². The third kappa shape index (κ3) is 3.93. The zero-order valence-electron chi connectivity index (χ0n) is 11.9. The van der Waals surface area contributed by atoms with Crippen LogP contribution in [0.2, 0.25) is 0 Å². The summed E-state index contributed by atoms with van der Waals surface area (Å²) < 4.78 is 1.88. The molecule has 0 saturated heterocycles. The van der Waals surface area contributed by atoms with Crippen LogP contribution >= 0.6 is 12.2 Å². The van der Waals surface area contributed by atoms with Gasteiger partial charge in [0.25, 0.3) is 0 Å². The zero-order valence-corrected chi connectivity index (χ0v) is 12.8. The third-order valence-electron chi connectivity index (χ3n) is 3.11. The number of anilines is 2. The predicted molar refractivity (Wildman–Crippen MR) is 94.1 cm³/mol. The minimum Gasteiger partial charge on any atom is -0.332 e. The average molecular weight is 308 g/mol. The molecule has 110 valence electrons. The Hall–Kier alpha value is -2.66. The molecular weight excluding hydrogens is 292 g/mol. The van der Waals surface area contributed by atoms with Gasteiger partial charge in [0.1, 0.15) is 0 Å². The van der Waals surface area contributed by atoms with E-state index in [9.17, 15) is 0 Å². The van der Waals surface area contributed by atoms with E-state index in [4.69, 9.17) is 12.2 Å². The van der Waals surface area contributed by atoms with E-state index in [1.807, 2.05) is 59.4 Å². The van der Waals surface area contributed by atoms with E-state index < -0.39 is 0 Å². The van der Waals surface area contributed by atoms with Gasteiger partial charge in [-0.2, -0.15) is 5.10 Å². The van der Waals surface area contributed by atoms with Gasteiger partial charge in [-0.1, -0.05) is 48.5 Å². The Morgan fingerprint density at radius 3 is 2.27 bits per heavy atom. The first-order valence-corrected chi connectivity index (χ1v) is 7.40. The van der Waals surface area contributed by atoms with E-state index in [1.54, 1.807) is 6.20 Å². The van der Waals surface area contributed by atoms with E-state index in [0.29, 0.717) is 5.11 Å². The first-order valence-electron chi connectivity index (χ1n) is 6.99. The molecule has 0 bridgehead atoms. The highest BCUT2D eigenvalue weighted by Crippen LogP contribution is 2.10. The molecule has 0 saturated carbocycles. The number of benzene rings is 2. The molecule has 2 N–H and O–H groups in total. The van der Waals surface area contributed by atoms with Gasteiger partial charge in [0.15, 0.2) is 5.11 Å². The number of hydrogen-bond acceptors (Lipinski definition) is 2. The minimum absolute atomic E-state index is 0.547. The van der Waals surface area contributed by atoms with Crippen LogP contribution in [0.1, 0.15) is 5.56 Å². The Balaban J connectivity index is 1.58. The van der Waals surface area contributed by atoms with Crippen molar-refractivity contribution in [2.75, 3.05) is 10.6 Å². The fourth-order valence-corrected chi connectivity index (χ4v) is 2.34. The van der Waals surface area contributed by atoms with Crippen LogP contribution in [-0.4, -0.2) is 14.9 Å². The lowest BCUT2D eigenvalue weighted by atomic mass is 10.2. The third-order valence-corrected chi connectivity index (χ3v) is 3.31. The molecule has 1 aromatic heterocycles. The average Bonchev–Trinajstić information content (AvgIpc) is 2.96. The normalized spacial score (nSPS) is 10.2. The van der Waals surface area contributed by atoms with Gasteiger partial charge < -0.3 is 10.6 Å². The summed E-state index contributed by atoms with van der Waals surface area (Å²) >= 11 is 5.30. The Bertz CT molecular complexity index is 738. The van der Waals surface area contributed by atoms with Gasteiger partial charge in [0, 0.05) is 11.9 Å². The monoisotopic (exact) mass is 308 g/mol. The van der Waals surface area contributed by atoms with Gasteiger partial charge >= 0.3 is 0 Å². The van der Waals surface area contributed by atoms with Crippen molar-refractivity contribution >= 4 is 28.7 Å². The Morgan fingerprint density at radius 1 is 0.909 bits per heavy atom. The lowest BCUT2D eigenvalue weighted by Crippen LogP contribution is -2.18. The minimum atomic E-state index is 0.547. The van der Waals surface area contributed by atoms with Crippen molar-refractivity contribution in [3.05, 3.63) is 78.6 Å². The van der Waals surface area contributed by atoms with Gasteiger partial charge in [-0.3, -0.25) is 4.68 Å². The summed E-state index contributed by atoms with van der Waals surface area (Å²) in [6.45, 7) is 0.737. The number of para-hydroxylation sites is 1. The molecule has 1 heterocycles. The molecule has 0 fully saturated rings. The van der Waals surface area contributed by atoms with Crippen LogP contribution < -0.4 is 10.6 Å². The molecule has 2 aromatic carbocycles. The van der Waals surface area contributed by atoms with E-state index >= 15 is 0 Å². The van der Waals surface area contributed by atoms with Crippen LogP contribution in [0.25, 0.3) is 0 Å². The van der Waals surface area contributed by atoms with Crippen LogP contribution in [0.4, 0.5) is 11.4 Å². The van der Waals surface area contributed by atoms with Crippen molar-refractivity contribution in [3.63, 3.8) is 0 Å². The van der Waals surface area contributed by atoms with E-state index in [2.05, 4.69) is 27.9 Å². The van der Waals surface area contributed by atoms with Gasteiger partial charge in [-0.05, 0) is 29.9 Å². The quantitative estimate of drug-likeness (QED) is 0.721. The first kappa shape index (κ1) is 14.3. The molecule has 4 nitrogen and oxygen atoms in total. The molecule has 0 aliphatic carbocycles. The topological polar surface area (TPSA) is 41.9 Å². The van der Waals surface area contributed by atoms with Gasteiger partial charge in [-0.25, -0.2) is 0 Å². The molecular formula is C17H16N4S. The summed E-state index contributed by atoms with van der Waals surface area (Å²) in [4.78, 5) is 0. The molecule has 0 aliphatic rings. The molecule has 0 spiro atoms. The number of hydrogen-bond donors (Lipinski definition) is 2. The molecule has 0 aliphatic heterocycles. The maximum atomic E-state index is 5.30. The lowest BCUT2D eigenvalue weighted by Gasteiger charge is -2.08. The van der Waals surface area contributed by atoms with Crippen LogP contribution in [-0.2, 0) is 6.54 Å². The van der Waals surface area contributed by atoms with Crippen molar-refractivity contribution in [3.8, 4) is 0 Å². The van der Waals surface area contributed by atoms with Crippen molar-refractivity contribution in [1.82, 2.24) is 9.78 Å². The number of nitrogens with one attached hydrogen (secondary N) is 2. The van der Waals surface area contributed by atoms with E-state index in [0.717, 1.165) is 17.9 Å². The maximum Gasteiger partial charge on any atom is 0.175 e. The predicted octanol–water partition coefficient (Wildman–Crippen LogP) is 3.74. The van der Waals surface area contributed by atoms with Gasteiger partial charge in [-0.15, -0.1) is 0 Å². The highest BCUT2D eigenvalue weighted by molar-refractivity contribution is 7.80. The fraction of sp³-hybridized carbons (Fsp3) is 0.0588. The van der Waals surface area contributed by atoms with Crippen LogP contribution in [0, 0.1) is 0 Å². The summed E-state index contributed by atoms with van der Waals surface area (Å²) in [5, 5.41) is 11.2. The number of aromatic nitrogens is 2. The Labute approximate surface area is 134 Å². The molecule has 0 atom stereocenters. The van der Waals surface area contributed by atoms with Crippen LogP contribution in [0.5, 0.6) is 0 Å². The summed E-state index contributed by atoms with van der Waals surface area (Å²) in [6.07, 6.45) is 3.70. The van der Waals surface area contributed by atoms with Gasteiger partial charge in [0.05, 0.1) is 18.4 Å². The molecule has 0 unspecified atom stereocenters. The second kappa shape index (κ2) is 6.87. The lowest BCUT2D eigenvalue weighted by molar-refractivity contribution is 0.687. The van der Waals surface area contributed by atoms with E-state index in [1.165, 1.54) is 5.56 Å². The summed E-state index contributed by atoms with van der Waals surface area (Å²) in [7, 11) is 0. The number of thiocarbonyl (C=S) groups is 1. The highest BCUT2D eigenvalue weighted by atomic mass is 32.1. The smallest absolute Gasteiger partial charge is 0.175 e. The zero-order chi connectivity index (χ0) is 15.2. The van der Waals surface area contributed by atoms with Gasteiger partial charge in [0.2, 0.25) is 0 Å². The molecule has 22 heavy (non-hydrogen) atoms. The van der Waals surface area contributed by atoms with E-state index in [-0.39, 0.29) is 0 Å². The molecule has 3 aromatic rings. The number of rotatable bonds is 4. The highest BCUT2D eigenvalue weighted by Gasteiger charge is 2.02. The fourth-order valence-electron chi connectivity index (χ4n) is 2.10. The Morgan fingerprint density at radius 2 is 1.55 bits per heavy atom. The summed E-state index contributed by atoms with van der Waals surface area (Å²) in [6, 6.07) is 20.0. The van der Waals surface area contributed by atoms with Crippen LogP contribution in [0.15, 0.2) is 73.1 Å². The van der Waals surface area contributed by atoms with Crippen molar-refractivity contribution in [2.45, 2.75) is 6.54 Å². The second-order valence-electron chi connectivity index (χ2n) is 4.86. The maximum absolute atomic E-state index is 5.30.